The summed E-state index contributed by atoms with van der Waals surface area (Å²) in [5, 5.41) is 5.88. The second-order valence-corrected chi connectivity index (χ2v) is 6.55. The second-order valence-electron chi connectivity index (χ2n) is 3.67. The molecule has 4 heteroatoms. The first-order valence-corrected chi connectivity index (χ1v) is 7.17. The lowest BCUT2D eigenvalue weighted by atomic mass is 10.2. The van der Waals surface area contributed by atoms with E-state index in [4.69, 9.17) is 0 Å². The molecule has 0 radical (unpaired) electrons. The molecule has 1 aromatic heterocycles. The van der Waals surface area contributed by atoms with E-state index in [-0.39, 0.29) is 0 Å². The quantitative estimate of drug-likeness (QED) is 0.797. The van der Waals surface area contributed by atoms with Crippen molar-refractivity contribution in [3.05, 3.63) is 22.4 Å². The smallest absolute Gasteiger partial charge is 0.0531 e. The van der Waals surface area contributed by atoms with Gasteiger partial charge in [-0.25, -0.2) is 0 Å². The lowest BCUT2D eigenvalue weighted by molar-refractivity contribution is 0.585. The highest BCUT2D eigenvalue weighted by molar-refractivity contribution is 7.85. The predicted molar refractivity (Wildman–Crippen MR) is 62.2 cm³/mol. The molecule has 3 atom stereocenters. The predicted octanol–water partition coefficient (Wildman–Crippen LogP) is 1.92. The summed E-state index contributed by atoms with van der Waals surface area (Å²) in [5.74, 6) is 0.766. The lowest BCUT2D eigenvalue weighted by Gasteiger charge is -2.12. The van der Waals surface area contributed by atoms with Crippen LogP contribution >= 0.6 is 11.3 Å². The summed E-state index contributed by atoms with van der Waals surface area (Å²) in [5.41, 5.74) is 0. The minimum atomic E-state index is -0.673. The normalized spacial score (nSPS) is 33.9. The van der Waals surface area contributed by atoms with E-state index in [0.29, 0.717) is 11.3 Å². The van der Waals surface area contributed by atoms with Gasteiger partial charge in [0.15, 0.2) is 0 Å². The van der Waals surface area contributed by atoms with Gasteiger partial charge in [0.2, 0.25) is 0 Å². The molecule has 1 aliphatic rings. The topological polar surface area (TPSA) is 29.1 Å². The van der Waals surface area contributed by atoms with E-state index in [9.17, 15) is 4.21 Å². The third kappa shape index (κ3) is 2.24. The average Bonchev–Trinajstić information content (AvgIpc) is 2.63. The van der Waals surface area contributed by atoms with Gasteiger partial charge in [-0.1, -0.05) is 13.0 Å². The van der Waals surface area contributed by atoms with E-state index in [2.05, 4.69) is 29.8 Å². The van der Waals surface area contributed by atoms with Gasteiger partial charge in [-0.2, -0.15) is 0 Å². The van der Waals surface area contributed by atoms with Crippen molar-refractivity contribution in [2.75, 3.05) is 12.3 Å². The van der Waals surface area contributed by atoms with E-state index in [0.717, 1.165) is 18.7 Å². The zero-order chi connectivity index (χ0) is 9.97. The average molecular weight is 229 g/mol. The first-order valence-electron chi connectivity index (χ1n) is 4.91. The van der Waals surface area contributed by atoms with Crippen molar-refractivity contribution in [1.82, 2.24) is 5.32 Å². The Morgan fingerprint density at radius 1 is 1.64 bits per heavy atom. The van der Waals surface area contributed by atoms with E-state index >= 15 is 0 Å². The molecule has 0 bridgehead atoms. The van der Waals surface area contributed by atoms with Gasteiger partial charge in [-0.15, -0.1) is 11.3 Å². The van der Waals surface area contributed by atoms with Crippen molar-refractivity contribution in [2.24, 2.45) is 0 Å². The Kier molecular flexibility index (Phi) is 3.36. The molecule has 0 aromatic carbocycles. The Morgan fingerprint density at radius 2 is 2.50 bits per heavy atom. The summed E-state index contributed by atoms with van der Waals surface area (Å²) >= 11 is 1.75. The van der Waals surface area contributed by atoms with Crippen molar-refractivity contribution < 1.29 is 4.21 Å². The van der Waals surface area contributed by atoms with Gasteiger partial charge in [0.1, 0.15) is 0 Å². The summed E-state index contributed by atoms with van der Waals surface area (Å²) < 4.78 is 11.8. The van der Waals surface area contributed by atoms with Gasteiger partial charge < -0.3 is 5.32 Å². The zero-order valence-corrected chi connectivity index (χ0v) is 9.87. The minimum absolute atomic E-state index is 0.306. The molecule has 1 aromatic rings. The molecule has 1 fully saturated rings. The molecule has 1 N–H and O–H groups in total. The molecule has 0 spiro atoms. The SMILES string of the molecule is CC1CCNC(c2cccs2)CS1=O. The first kappa shape index (κ1) is 10.3. The Bertz CT molecular complexity index is 310. The van der Waals surface area contributed by atoms with E-state index in [1.54, 1.807) is 11.3 Å². The zero-order valence-electron chi connectivity index (χ0n) is 8.23. The van der Waals surface area contributed by atoms with Gasteiger partial charge in [0.25, 0.3) is 0 Å². The summed E-state index contributed by atoms with van der Waals surface area (Å²) in [4.78, 5) is 1.31. The third-order valence-corrected chi connectivity index (χ3v) is 5.39. The largest absolute Gasteiger partial charge is 0.308 e. The van der Waals surface area contributed by atoms with Gasteiger partial charge >= 0.3 is 0 Å². The van der Waals surface area contributed by atoms with Crippen LogP contribution in [0, 0.1) is 0 Å². The molecule has 78 valence electrons. The molecule has 0 aliphatic carbocycles. The fourth-order valence-electron chi connectivity index (χ4n) is 1.65. The Balaban J connectivity index is 2.10. The second kappa shape index (κ2) is 4.55. The van der Waals surface area contributed by atoms with Crippen LogP contribution in [0.5, 0.6) is 0 Å². The number of hydrogen-bond acceptors (Lipinski definition) is 3. The molecule has 1 aliphatic heterocycles. The fraction of sp³-hybridized carbons (Fsp3) is 0.600. The number of hydrogen-bond donors (Lipinski definition) is 1. The van der Waals surface area contributed by atoms with Gasteiger partial charge in [-0.3, -0.25) is 4.21 Å². The molecule has 2 nitrogen and oxygen atoms in total. The highest BCUT2D eigenvalue weighted by Crippen LogP contribution is 2.23. The van der Waals surface area contributed by atoms with Crippen LogP contribution in [0.25, 0.3) is 0 Å². The van der Waals surface area contributed by atoms with E-state index in [1.807, 2.05) is 0 Å². The highest BCUT2D eigenvalue weighted by atomic mass is 32.2. The maximum atomic E-state index is 11.8. The summed E-state index contributed by atoms with van der Waals surface area (Å²) in [6.07, 6.45) is 1.02. The third-order valence-electron chi connectivity index (χ3n) is 2.61. The minimum Gasteiger partial charge on any atom is -0.308 e. The Hall–Kier alpha value is -0.190. The van der Waals surface area contributed by atoms with Crippen molar-refractivity contribution in [2.45, 2.75) is 24.6 Å². The van der Waals surface area contributed by atoms with Gasteiger partial charge in [0, 0.05) is 26.7 Å². The van der Waals surface area contributed by atoms with Crippen molar-refractivity contribution >= 4 is 22.1 Å². The number of rotatable bonds is 1. The maximum absolute atomic E-state index is 11.8. The number of nitrogens with one attached hydrogen (secondary N) is 1. The van der Waals surface area contributed by atoms with Crippen molar-refractivity contribution in [3.63, 3.8) is 0 Å². The molecule has 2 heterocycles. The van der Waals surface area contributed by atoms with E-state index < -0.39 is 10.8 Å². The number of thiophene rings is 1. The van der Waals surface area contributed by atoms with E-state index in [1.165, 1.54) is 4.88 Å². The molecule has 3 unspecified atom stereocenters. The Labute approximate surface area is 91.2 Å². The van der Waals surface area contributed by atoms with Crippen LogP contribution in [-0.4, -0.2) is 21.8 Å². The maximum Gasteiger partial charge on any atom is 0.0531 e. The summed E-state index contributed by atoms with van der Waals surface area (Å²) in [6, 6.07) is 4.48. The van der Waals surface area contributed by atoms with Crippen LogP contribution in [0.3, 0.4) is 0 Å². The molecule has 1 saturated heterocycles. The molecule has 14 heavy (non-hydrogen) atoms. The monoisotopic (exact) mass is 229 g/mol. The first-order chi connectivity index (χ1) is 6.77. The van der Waals surface area contributed by atoms with Crippen molar-refractivity contribution in [1.29, 1.82) is 0 Å². The van der Waals surface area contributed by atoms with Crippen LogP contribution in [0.15, 0.2) is 17.5 Å². The highest BCUT2D eigenvalue weighted by Gasteiger charge is 2.22. The Morgan fingerprint density at radius 3 is 3.21 bits per heavy atom. The van der Waals surface area contributed by atoms with Gasteiger partial charge in [0.05, 0.1) is 6.04 Å². The molecule has 0 saturated carbocycles. The van der Waals surface area contributed by atoms with Crippen LogP contribution in [0.1, 0.15) is 24.3 Å². The van der Waals surface area contributed by atoms with Crippen LogP contribution in [0.2, 0.25) is 0 Å². The van der Waals surface area contributed by atoms with Crippen LogP contribution in [-0.2, 0) is 10.8 Å². The van der Waals surface area contributed by atoms with Crippen LogP contribution < -0.4 is 5.32 Å². The molecule has 2 rings (SSSR count). The fourth-order valence-corrected chi connectivity index (χ4v) is 3.90. The molecule has 0 amide bonds. The van der Waals surface area contributed by atoms with Gasteiger partial charge in [-0.05, 0) is 24.4 Å². The summed E-state index contributed by atoms with van der Waals surface area (Å²) in [7, 11) is -0.673. The lowest BCUT2D eigenvalue weighted by Crippen LogP contribution is -2.22. The standard InChI is InChI=1S/C10H15NOS2/c1-8-4-5-11-9(7-14(8)12)10-3-2-6-13-10/h2-3,6,8-9,11H,4-5,7H2,1H3. The molecular weight excluding hydrogens is 214 g/mol. The molecular formula is C10H15NOS2. The van der Waals surface area contributed by atoms with Crippen molar-refractivity contribution in [3.8, 4) is 0 Å². The summed E-state index contributed by atoms with van der Waals surface area (Å²) in [6.45, 7) is 3.06. The van der Waals surface area contributed by atoms with Crippen LogP contribution in [0.4, 0.5) is 0 Å².